The van der Waals surface area contributed by atoms with Crippen molar-refractivity contribution < 1.29 is 11.6 Å². The van der Waals surface area contributed by atoms with Gasteiger partial charge in [0, 0.05) is 46.0 Å². The largest absolute Gasteiger partial charge is 0.457 e. The Labute approximate surface area is 372 Å². The molecule has 5 nitrogen and oxygen atoms in total. The summed E-state index contributed by atoms with van der Waals surface area (Å²) in [4.78, 5) is 9.71. The third-order valence-corrected chi connectivity index (χ3v) is 12.0. The molecule has 9 aromatic rings. The summed E-state index contributed by atoms with van der Waals surface area (Å²) >= 11 is 0. The topological polar surface area (TPSA) is 33.5 Å². The van der Waals surface area contributed by atoms with Gasteiger partial charge in [0.15, 0.2) is 0 Å². The van der Waals surface area contributed by atoms with Crippen LogP contribution in [-0.4, -0.2) is 16.2 Å². The Balaban J connectivity index is 1.09. The van der Waals surface area contributed by atoms with Crippen LogP contribution in [0.25, 0.3) is 49.9 Å². The van der Waals surface area contributed by atoms with E-state index in [4.69, 9.17) is 16.6 Å². The zero-order valence-electron chi connectivity index (χ0n) is 41.3. The fourth-order valence-electron chi connectivity index (χ4n) is 8.59. The molecule has 0 unspecified atom stereocenters. The molecule has 0 N–H and O–H groups in total. The number of para-hydroxylation sites is 2. The van der Waals surface area contributed by atoms with Gasteiger partial charge in [-0.25, -0.2) is 4.98 Å². The van der Waals surface area contributed by atoms with E-state index in [1.807, 2.05) is 37.3 Å². The number of aromatic nitrogens is 2. The number of hydrogen-bond donors (Lipinski definition) is 0. The number of fused-ring (bicyclic) bond motifs is 4. The van der Waals surface area contributed by atoms with Gasteiger partial charge in [-0.2, -0.15) is 0 Å². The van der Waals surface area contributed by atoms with Crippen molar-refractivity contribution >= 4 is 44.6 Å². The predicted octanol–water partition coefficient (Wildman–Crippen LogP) is 15.5. The van der Waals surface area contributed by atoms with Crippen molar-refractivity contribution in [3.8, 4) is 39.6 Å². The number of ether oxygens (including phenoxy) is 1. The molecule has 0 aliphatic carbocycles. The lowest BCUT2D eigenvalue weighted by atomic mass is 9.86. The highest BCUT2D eigenvalue weighted by Gasteiger charge is 2.30. The van der Waals surface area contributed by atoms with Gasteiger partial charge >= 0.3 is 0 Å². The average molecular weight is 814 g/mol. The quantitative estimate of drug-likeness (QED) is 0.160. The molecule has 0 fully saturated rings. The molecule has 7 aromatic carbocycles. The Hall–Kier alpha value is -7.11. The van der Waals surface area contributed by atoms with Crippen LogP contribution in [0.5, 0.6) is 11.5 Å². The minimum absolute atomic E-state index is 0.0161. The Kier molecular flexibility index (Phi) is 8.18. The van der Waals surface area contributed by atoms with Crippen molar-refractivity contribution in [1.29, 1.82) is 0 Å². The fraction of sp³-hybridized carbons (Fsp3) is 0.175. The first-order chi connectivity index (χ1) is 32.0. The van der Waals surface area contributed by atoms with Gasteiger partial charge < -0.3 is 14.5 Å². The molecule has 0 spiro atoms. The maximum Gasteiger partial charge on any atom is 0.137 e. The highest BCUT2D eigenvalue weighted by Crippen LogP contribution is 2.47. The summed E-state index contributed by atoms with van der Waals surface area (Å²) < 4.78 is 51.2. The second kappa shape index (κ2) is 15.1. The van der Waals surface area contributed by atoms with Crippen LogP contribution in [-0.2, 0) is 10.8 Å². The number of rotatable bonds is 7. The smallest absolute Gasteiger partial charge is 0.137 e. The maximum absolute atomic E-state index is 8.67. The molecule has 0 radical (unpaired) electrons. The molecule has 3 heterocycles. The van der Waals surface area contributed by atoms with Crippen LogP contribution in [0.15, 0.2) is 176 Å². The van der Waals surface area contributed by atoms with E-state index in [1.165, 1.54) is 5.56 Å². The minimum atomic E-state index is -0.425. The third-order valence-electron chi connectivity index (χ3n) is 12.0. The summed E-state index contributed by atoms with van der Waals surface area (Å²) in [6.45, 7) is 16.0. The first kappa shape index (κ1) is 33.6. The van der Waals surface area contributed by atoms with Crippen LogP contribution < -0.4 is 14.5 Å². The summed E-state index contributed by atoms with van der Waals surface area (Å²) in [7, 11) is 0. The van der Waals surface area contributed by atoms with Crippen LogP contribution in [0, 0.1) is 6.92 Å². The molecule has 62 heavy (non-hydrogen) atoms. The van der Waals surface area contributed by atoms with Crippen molar-refractivity contribution in [2.75, 3.05) is 16.5 Å². The Morgan fingerprint density at radius 1 is 0.548 bits per heavy atom. The fourth-order valence-corrected chi connectivity index (χ4v) is 8.59. The molecule has 10 rings (SSSR count). The first-order valence-electron chi connectivity index (χ1n) is 23.7. The van der Waals surface area contributed by atoms with E-state index >= 15 is 0 Å². The molecular weight excluding hydrogens is 757 g/mol. The molecule has 1 aliphatic rings. The van der Waals surface area contributed by atoms with E-state index < -0.39 is 6.04 Å². The minimum Gasteiger partial charge on any atom is -0.457 e. The molecule has 306 valence electrons. The SMILES string of the molecule is [2H]c1c([2H])c([2H])c(-c2cnc(-n3c4ccc(-c5ccccc5)cc4c4ccc(Oc5cc(N6CN(c7cccc(C(C)(C)C)c7)c7ccccc76)cc(C(C)(C)C)c5)cc43)cc2C)c([2H])c1[2H]. The average Bonchev–Trinajstić information content (AvgIpc) is 3.86. The van der Waals surface area contributed by atoms with Gasteiger partial charge in [-0.1, -0.05) is 132 Å². The lowest BCUT2D eigenvalue weighted by Gasteiger charge is -2.27. The highest BCUT2D eigenvalue weighted by atomic mass is 16.5. The summed E-state index contributed by atoms with van der Waals surface area (Å²) in [5.74, 6) is 2.01. The predicted molar refractivity (Wildman–Crippen MR) is 260 cm³/mol. The van der Waals surface area contributed by atoms with Crippen LogP contribution >= 0.6 is 0 Å². The molecule has 0 atom stereocenters. The lowest BCUT2D eigenvalue weighted by molar-refractivity contribution is 0.479. The molecule has 5 heteroatoms. The van der Waals surface area contributed by atoms with Crippen LogP contribution in [0.2, 0.25) is 0 Å². The van der Waals surface area contributed by atoms with Gasteiger partial charge in [-0.15, -0.1) is 0 Å². The van der Waals surface area contributed by atoms with Crippen LogP contribution in [0.4, 0.5) is 22.7 Å². The van der Waals surface area contributed by atoms with E-state index in [9.17, 15) is 0 Å². The second-order valence-electron chi connectivity index (χ2n) is 18.3. The van der Waals surface area contributed by atoms with E-state index in [2.05, 4.69) is 165 Å². The Morgan fingerprint density at radius 2 is 1.26 bits per heavy atom. The van der Waals surface area contributed by atoms with Gasteiger partial charge in [-0.05, 0) is 118 Å². The molecule has 1 aliphatic heterocycles. The molecule has 0 saturated heterocycles. The van der Waals surface area contributed by atoms with Crippen molar-refractivity contribution in [1.82, 2.24) is 9.55 Å². The zero-order valence-corrected chi connectivity index (χ0v) is 36.3. The van der Waals surface area contributed by atoms with Crippen molar-refractivity contribution in [3.05, 3.63) is 193 Å². The number of aryl methyl sites for hydroxylation is 1. The van der Waals surface area contributed by atoms with E-state index in [-0.39, 0.29) is 40.6 Å². The number of pyridine rings is 1. The summed E-state index contributed by atoms with van der Waals surface area (Å²) in [5.41, 5.74) is 12.1. The van der Waals surface area contributed by atoms with Crippen molar-refractivity contribution in [2.24, 2.45) is 0 Å². The van der Waals surface area contributed by atoms with E-state index in [1.54, 1.807) is 6.20 Å². The van der Waals surface area contributed by atoms with Crippen molar-refractivity contribution in [2.45, 2.75) is 59.3 Å². The van der Waals surface area contributed by atoms with Gasteiger partial charge in [0.1, 0.15) is 24.0 Å². The number of benzene rings is 7. The standard InChI is InChI=1S/C57H52N4O/c1-38-29-55(58-36-50(38)40-19-12-9-13-20-40)61-51-28-25-41(39-17-10-8-11-18-39)30-49(51)48-27-26-46(35-54(48)61)62-47-33-43(57(5,6)7)32-45(34-47)60-37-59(52-23-14-15-24-53(52)60)44-22-16-21-42(31-44)56(2,3)4/h8-36H,37H2,1-7H3/i9D,12D,13D,19D,20D. The maximum atomic E-state index is 8.67. The van der Waals surface area contributed by atoms with E-state index in [0.29, 0.717) is 23.8 Å². The van der Waals surface area contributed by atoms with Gasteiger partial charge in [0.2, 0.25) is 0 Å². The van der Waals surface area contributed by atoms with Gasteiger partial charge in [-0.3, -0.25) is 4.57 Å². The first-order valence-corrected chi connectivity index (χ1v) is 21.2. The normalized spacial score (nSPS) is 14.1. The zero-order chi connectivity index (χ0) is 47.1. The molecule has 0 saturated carbocycles. The number of anilines is 4. The Morgan fingerprint density at radius 3 is 1.98 bits per heavy atom. The number of hydrogen-bond acceptors (Lipinski definition) is 4. The van der Waals surface area contributed by atoms with Gasteiger partial charge in [0.25, 0.3) is 0 Å². The number of nitrogens with zero attached hydrogens (tertiary/aromatic N) is 4. The summed E-state index contributed by atoms with van der Waals surface area (Å²) in [6, 6.07) is 47.2. The molecule has 2 aromatic heterocycles. The van der Waals surface area contributed by atoms with Gasteiger partial charge in [0.05, 0.1) is 29.3 Å². The summed E-state index contributed by atoms with van der Waals surface area (Å²) in [5, 5.41) is 2.06. The third kappa shape index (κ3) is 7.17. The summed E-state index contributed by atoms with van der Waals surface area (Å²) in [6.07, 6.45) is 1.62. The van der Waals surface area contributed by atoms with Crippen molar-refractivity contribution in [3.63, 3.8) is 0 Å². The van der Waals surface area contributed by atoms with Crippen LogP contribution in [0.3, 0.4) is 0 Å². The monoisotopic (exact) mass is 813 g/mol. The van der Waals surface area contributed by atoms with E-state index in [0.717, 1.165) is 72.6 Å². The molecule has 0 bridgehead atoms. The highest BCUT2D eigenvalue weighted by molar-refractivity contribution is 6.10. The molecule has 0 amide bonds. The van der Waals surface area contributed by atoms with Crippen LogP contribution in [0.1, 0.15) is 65.1 Å². The second-order valence-corrected chi connectivity index (χ2v) is 18.3. The Bertz CT molecular complexity index is 3390. The molecular formula is C57H52N4O. The lowest BCUT2D eigenvalue weighted by Crippen LogP contribution is -2.25.